The molecule has 1 aromatic rings. The number of likely N-dealkylation sites (tertiary alicyclic amines) is 1. The van der Waals surface area contributed by atoms with Crippen molar-refractivity contribution in [3.63, 3.8) is 0 Å². The molecule has 31 heavy (non-hydrogen) atoms. The van der Waals surface area contributed by atoms with Gasteiger partial charge in [0.05, 0.1) is 11.3 Å². The number of halogens is 1. The monoisotopic (exact) mass is 437 g/mol. The van der Waals surface area contributed by atoms with E-state index in [0.717, 1.165) is 32.0 Å². The standard InChI is InChI=1S/C23H36FN3O4/c1-4-20-19(24)13-18(22(29)27(20)16(2)3)21(28)25-14-17-5-9-26(10-6-17)15-23(30)7-11-31-12-8-23/h13,16-17,30H,4-12,14-15H2,1-3H3,(H,25,28). The van der Waals surface area contributed by atoms with Gasteiger partial charge in [0.1, 0.15) is 11.4 Å². The Balaban J connectivity index is 1.54. The van der Waals surface area contributed by atoms with Crippen LogP contribution in [0.15, 0.2) is 10.9 Å². The van der Waals surface area contributed by atoms with Crippen molar-refractivity contribution in [2.45, 2.75) is 64.5 Å². The smallest absolute Gasteiger partial charge is 0.264 e. The molecule has 0 aromatic carbocycles. The lowest BCUT2D eigenvalue weighted by Crippen LogP contribution is -2.49. The van der Waals surface area contributed by atoms with E-state index in [0.29, 0.717) is 57.2 Å². The topological polar surface area (TPSA) is 83.8 Å². The first kappa shape index (κ1) is 23.9. The highest BCUT2D eigenvalue weighted by atomic mass is 19.1. The minimum atomic E-state index is -0.662. The molecule has 0 radical (unpaired) electrons. The van der Waals surface area contributed by atoms with Crippen LogP contribution in [-0.4, -0.2) is 65.5 Å². The molecule has 2 N–H and O–H groups in total. The number of carbonyl (C=O) groups is 1. The lowest BCUT2D eigenvalue weighted by molar-refractivity contribution is -0.0829. The number of amides is 1. The van der Waals surface area contributed by atoms with E-state index < -0.39 is 22.9 Å². The van der Waals surface area contributed by atoms with Crippen molar-refractivity contribution < 1.29 is 19.0 Å². The van der Waals surface area contributed by atoms with Gasteiger partial charge < -0.3 is 24.6 Å². The molecule has 0 aliphatic carbocycles. The molecule has 174 valence electrons. The number of pyridine rings is 1. The molecule has 3 rings (SSSR count). The van der Waals surface area contributed by atoms with Crippen molar-refractivity contribution in [1.29, 1.82) is 0 Å². The Morgan fingerprint density at radius 2 is 1.97 bits per heavy atom. The van der Waals surface area contributed by atoms with Gasteiger partial charge in [-0.2, -0.15) is 0 Å². The van der Waals surface area contributed by atoms with Crippen LogP contribution in [0.25, 0.3) is 0 Å². The summed E-state index contributed by atoms with van der Waals surface area (Å²) in [5, 5.41) is 13.5. The fourth-order valence-corrected chi connectivity index (χ4v) is 4.69. The van der Waals surface area contributed by atoms with Gasteiger partial charge in [-0.15, -0.1) is 0 Å². The van der Waals surface area contributed by atoms with E-state index in [-0.39, 0.29) is 11.6 Å². The Hall–Kier alpha value is -1.77. The lowest BCUT2D eigenvalue weighted by atomic mass is 9.91. The summed E-state index contributed by atoms with van der Waals surface area (Å²) in [4.78, 5) is 27.7. The number of hydrogen-bond donors (Lipinski definition) is 2. The molecule has 0 atom stereocenters. The van der Waals surface area contributed by atoms with E-state index >= 15 is 0 Å². The Bertz CT molecular complexity index is 825. The number of hydrogen-bond acceptors (Lipinski definition) is 5. The number of ether oxygens (including phenoxy) is 1. The summed E-state index contributed by atoms with van der Waals surface area (Å²) in [7, 11) is 0. The lowest BCUT2D eigenvalue weighted by Gasteiger charge is -2.39. The molecule has 0 spiro atoms. The highest BCUT2D eigenvalue weighted by molar-refractivity contribution is 5.93. The summed E-state index contributed by atoms with van der Waals surface area (Å²) in [6.45, 7) is 9.49. The Morgan fingerprint density at radius 1 is 1.32 bits per heavy atom. The minimum Gasteiger partial charge on any atom is -0.388 e. The molecular weight excluding hydrogens is 401 g/mol. The molecule has 2 saturated heterocycles. The predicted molar refractivity (Wildman–Crippen MR) is 117 cm³/mol. The number of piperidine rings is 1. The summed E-state index contributed by atoms with van der Waals surface area (Å²) >= 11 is 0. The van der Waals surface area contributed by atoms with Crippen LogP contribution in [0.1, 0.15) is 68.5 Å². The second-order valence-electron chi connectivity index (χ2n) is 9.24. The van der Waals surface area contributed by atoms with Gasteiger partial charge in [-0.1, -0.05) is 6.92 Å². The average molecular weight is 438 g/mol. The zero-order valence-corrected chi connectivity index (χ0v) is 19.0. The third-order valence-electron chi connectivity index (χ3n) is 6.58. The van der Waals surface area contributed by atoms with E-state index in [1.54, 1.807) is 6.92 Å². The fraction of sp³-hybridized carbons (Fsp3) is 0.739. The summed E-state index contributed by atoms with van der Waals surface area (Å²) in [5.74, 6) is -0.725. The van der Waals surface area contributed by atoms with E-state index in [1.807, 2.05) is 13.8 Å². The van der Waals surface area contributed by atoms with E-state index in [9.17, 15) is 19.1 Å². The SMILES string of the molecule is CCc1c(F)cc(C(=O)NCC2CCN(CC3(O)CCOCC3)CC2)c(=O)n1C(C)C. The van der Waals surface area contributed by atoms with Crippen LogP contribution >= 0.6 is 0 Å². The summed E-state index contributed by atoms with van der Waals surface area (Å²) < 4.78 is 21.2. The number of aliphatic hydroxyl groups is 1. The summed E-state index contributed by atoms with van der Waals surface area (Å²) in [5.41, 5.74) is -0.910. The first-order valence-electron chi connectivity index (χ1n) is 11.5. The quantitative estimate of drug-likeness (QED) is 0.683. The molecule has 1 amide bonds. The second-order valence-corrected chi connectivity index (χ2v) is 9.24. The van der Waals surface area contributed by atoms with Gasteiger partial charge in [0.2, 0.25) is 0 Å². The predicted octanol–water partition coefficient (Wildman–Crippen LogP) is 2.11. The number of rotatable bonds is 7. The average Bonchev–Trinajstić information content (AvgIpc) is 2.74. The first-order chi connectivity index (χ1) is 14.7. The van der Waals surface area contributed by atoms with E-state index in [1.165, 1.54) is 4.57 Å². The van der Waals surface area contributed by atoms with Gasteiger partial charge in [0.25, 0.3) is 11.5 Å². The molecule has 2 aliphatic rings. The zero-order valence-electron chi connectivity index (χ0n) is 19.0. The molecule has 1 aromatic heterocycles. The molecule has 8 heteroatoms. The normalized spacial score (nSPS) is 20.2. The van der Waals surface area contributed by atoms with Crippen molar-refractivity contribution in [2.75, 3.05) is 39.4 Å². The van der Waals surface area contributed by atoms with Crippen molar-refractivity contribution >= 4 is 5.91 Å². The van der Waals surface area contributed by atoms with Crippen LogP contribution in [0.4, 0.5) is 4.39 Å². The molecule has 0 saturated carbocycles. The van der Waals surface area contributed by atoms with Crippen LogP contribution in [0.3, 0.4) is 0 Å². The number of aromatic nitrogens is 1. The van der Waals surface area contributed by atoms with Crippen molar-refractivity contribution in [2.24, 2.45) is 5.92 Å². The van der Waals surface area contributed by atoms with Crippen LogP contribution < -0.4 is 10.9 Å². The van der Waals surface area contributed by atoms with Gasteiger partial charge in [-0.05, 0) is 58.2 Å². The molecule has 0 unspecified atom stereocenters. The maximum atomic E-state index is 14.5. The second kappa shape index (κ2) is 10.2. The van der Waals surface area contributed by atoms with Crippen LogP contribution in [0, 0.1) is 11.7 Å². The van der Waals surface area contributed by atoms with Gasteiger partial charge in [0.15, 0.2) is 0 Å². The first-order valence-corrected chi connectivity index (χ1v) is 11.5. The largest absolute Gasteiger partial charge is 0.388 e. The van der Waals surface area contributed by atoms with Crippen molar-refractivity contribution in [3.8, 4) is 0 Å². The van der Waals surface area contributed by atoms with E-state index in [4.69, 9.17) is 4.74 Å². The Morgan fingerprint density at radius 3 is 2.55 bits per heavy atom. The van der Waals surface area contributed by atoms with Crippen LogP contribution in [0.2, 0.25) is 0 Å². The molecular formula is C23H36FN3O4. The zero-order chi connectivity index (χ0) is 22.6. The third kappa shape index (κ3) is 5.73. The molecule has 2 fully saturated rings. The summed E-state index contributed by atoms with van der Waals surface area (Å²) in [6, 6.07) is 0.853. The number of nitrogens with zero attached hydrogens (tertiary/aromatic N) is 2. The molecule has 7 nitrogen and oxygen atoms in total. The Kier molecular flexibility index (Phi) is 7.88. The highest BCUT2D eigenvalue weighted by Crippen LogP contribution is 2.25. The third-order valence-corrected chi connectivity index (χ3v) is 6.58. The van der Waals surface area contributed by atoms with Crippen LogP contribution in [0.5, 0.6) is 0 Å². The van der Waals surface area contributed by atoms with Crippen molar-refractivity contribution in [3.05, 3.63) is 33.5 Å². The highest BCUT2D eigenvalue weighted by Gasteiger charge is 2.33. The minimum absolute atomic E-state index is 0.137. The maximum Gasteiger partial charge on any atom is 0.264 e. The van der Waals surface area contributed by atoms with Gasteiger partial charge in [-0.25, -0.2) is 4.39 Å². The summed E-state index contributed by atoms with van der Waals surface area (Å²) in [6.07, 6.45) is 3.55. The van der Waals surface area contributed by atoms with E-state index in [2.05, 4.69) is 10.2 Å². The number of β-amino-alcohol motifs (C(OH)–C–C–N with tert-alkyl or cyclic N) is 1. The maximum absolute atomic E-state index is 14.5. The fourth-order valence-electron chi connectivity index (χ4n) is 4.69. The Labute approximate surface area is 183 Å². The van der Waals surface area contributed by atoms with Crippen LogP contribution in [-0.2, 0) is 11.2 Å². The van der Waals surface area contributed by atoms with Gasteiger partial charge >= 0.3 is 0 Å². The number of nitrogens with one attached hydrogen (secondary N) is 1. The number of carbonyl (C=O) groups excluding carboxylic acids is 1. The molecule has 2 aliphatic heterocycles. The molecule has 3 heterocycles. The van der Waals surface area contributed by atoms with Gasteiger partial charge in [-0.3, -0.25) is 9.59 Å². The molecule has 0 bridgehead atoms. The van der Waals surface area contributed by atoms with Gasteiger partial charge in [0, 0.05) is 45.2 Å². The van der Waals surface area contributed by atoms with Crippen molar-refractivity contribution in [1.82, 2.24) is 14.8 Å².